The normalized spacial score (nSPS) is 27.4. The average molecular weight is 643 g/mol. The van der Waals surface area contributed by atoms with Crippen molar-refractivity contribution in [1.29, 1.82) is 0 Å². The number of benzene rings is 1. The van der Waals surface area contributed by atoms with Crippen molar-refractivity contribution < 1.29 is 41.8 Å². The van der Waals surface area contributed by atoms with Crippen LogP contribution < -0.4 is 10.6 Å². The molecule has 246 valence electrons. The van der Waals surface area contributed by atoms with Crippen LogP contribution in [0.1, 0.15) is 51.0 Å². The molecule has 2 aliphatic carbocycles. The van der Waals surface area contributed by atoms with Gasteiger partial charge in [-0.2, -0.15) is 13.2 Å². The van der Waals surface area contributed by atoms with Crippen molar-refractivity contribution in [2.24, 2.45) is 17.8 Å². The van der Waals surface area contributed by atoms with Crippen LogP contribution in [0.4, 0.5) is 23.7 Å². The van der Waals surface area contributed by atoms with E-state index in [0.717, 1.165) is 31.4 Å². The quantitative estimate of drug-likeness (QED) is 0.333. The molecule has 3 aliphatic rings. The summed E-state index contributed by atoms with van der Waals surface area (Å²) in [6, 6.07) is 7.83. The summed E-state index contributed by atoms with van der Waals surface area (Å²) < 4.78 is 51.6. The zero-order valence-electron chi connectivity index (χ0n) is 25.6. The number of allylic oxidation sites excluding steroid dienone is 1. The third kappa shape index (κ3) is 7.18. The van der Waals surface area contributed by atoms with Crippen LogP contribution in [0.25, 0.3) is 11.3 Å². The lowest BCUT2D eigenvalue weighted by atomic mass is 9.93. The van der Waals surface area contributed by atoms with Crippen LogP contribution in [0.5, 0.6) is 0 Å². The van der Waals surface area contributed by atoms with Crippen LogP contribution in [0.3, 0.4) is 0 Å². The van der Waals surface area contributed by atoms with Crippen molar-refractivity contribution >= 4 is 29.6 Å². The molecule has 0 unspecified atom stereocenters. The Kier molecular flexibility index (Phi) is 9.68. The van der Waals surface area contributed by atoms with Gasteiger partial charge in [0.2, 0.25) is 11.8 Å². The third-order valence-corrected chi connectivity index (χ3v) is 8.83. The zero-order valence-corrected chi connectivity index (χ0v) is 25.6. The van der Waals surface area contributed by atoms with E-state index in [2.05, 4.69) is 15.6 Å². The Morgan fingerprint density at radius 1 is 1.13 bits per heavy atom. The number of halogens is 3. The molecule has 1 aromatic carbocycles. The van der Waals surface area contributed by atoms with Crippen molar-refractivity contribution in [3.63, 3.8) is 0 Å². The van der Waals surface area contributed by atoms with Crippen LogP contribution in [-0.4, -0.2) is 65.6 Å². The molecule has 0 saturated heterocycles. The second-order valence-corrected chi connectivity index (χ2v) is 12.0. The lowest BCUT2D eigenvalue weighted by Gasteiger charge is -2.26. The zero-order chi connectivity index (χ0) is 33.1. The molecule has 0 bridgehead atoms. The maximum absolute atomic E-state index is 13.7. The third-order valence-electron chi connectivity index (χ3n) is 8.83. The van der Waals surface area contributed by atoms with Crippen molar-refractivity contribution in [3.05, 3.63) is 60.3 Å². The summed E-state index contributed by atoms with van der Waals surface area (Å²) in [5.41, 5.74) is -1.77. The molecule has 0 radical (unpaired) electrons. The fourth-order valence-corrected chi connectivity index (χ4v) is 6.30. The van der Waals surface area contributed by atoms with Gasteiger partial charge in [-0.25, -0.2) is 9.59 Å². The van der Waals surface area contributed by atoms with Gasteiger partial charge in [0, 0.05) is 31.3 Å². The van der Waals surface area contributed by atoms with Crippen LogP contribution >= 0.6 is 0 Å². The molecule has 1 aliphatic heterocycles. The molecule has 5 atom stereocenters. The number of alkyl halides is 3. The number of aromatic nitrogens is 1. The molecule has 13 heteroatoms. The van der Waals surface area contributed by atoms with Crippen LogP contribution in [0.15, 0.2) is 54.7 Å². The lowest BCUT2D eigenvalue weighted by Crippen LogP contribution is -2.50. The second kappa shape index (κ2) is 13.5. The van der Waals surface area contributed by atoms with Gasteiger partial charge in [0.25, 0.3) is 0 Å². The van der Waals surface area contributed by atoms with Gasteiger partial charge in [0.05, 0.1) is 35.4 Å². The van der Waals surface area contributed by atoms with Crippen molar-refractivity contribution in [3.8, 4) is 11.3 Å². The van der Waals surface area contributed by atoms with E-state index < -0.39 is 53.2 Å². The maximum Gasteiger partial charge on any atom is 0.416 e. The molecule has 2 aromatic rings. The van der Waals surface area contributed by atoms with E-state index >= 15 is 0 Å². The number of rotatable bonds is 5. The van der Waals surface area contributed by atoms with Gasteiger partial charge in [-0.1, -0.05) is 24.3 Å². The Bertz CT molecular complexity index is 1500. The minimum Gasteiger partial charge on any atom is -0.464 e. The average Bonchev–Trinajstić information content (AvgIpc) is 3.55. The SMILES string of the molecule is CCOC(=O)[C@@]12C[C@H]1/C=C\CCCCN(C)C(=O)[C@@H]1C[C@H](OC(=O)Nc3cc(C(F)(F)F)ccc3-c3ccccn3)C[C@H]1C(=O)N2. The molecule has 46 heavy (non-hydrogen) atoms. The lowest BCUT2D eigenvalue weighted by molar-refractivity contribution is -0.150. The first-order valence-corrected chi connectivity index (χ1v) is 15.4. The van der Waals surface area contributed by atoms with E-state index in [4.69, 9.17) is 9.47 Å². The summed E-state index contributed by atoms with van der Waals surface area (Å²) in [4.78, 5) is 59.2. The summed E-state index contributed by atoms with van der Waals surface area (Å²) in [5.74, 6) is -3.34. The summed E-state index contributed by atoms with van der Waals surface area (Å²) in [5, 5.41) is 5.29. The highest BCUT2D eigenvalue weighted by molar-refractivity contribution is 5.95. The topological polar surface area (TPSA) is 127 Å². The molecule has 0 spiro atoms. The molecule has 1 aromatic heterocycles. The number of amides is 3. The van der Waals surface area contributed by atoms with Crippen LogP contribution in [-0.2, 0) is 30.0 Å². The molecule has 3 amide bonds. The molecule has 10 nitrogen and oxygen atoms in total. The van der Waals surface area contributed by atoms with E-state index in [1.54, 1.807) is 37.1 Å². The molecule has 2 N–H and O–H groups in total. The Labute approximate surface area is 264 Å². The summed E-state index contributed by atoms with van der Waals surface area (Å²) >= 11 is 0. The van der Waals surface area contributed by atoms with E-state index in [1.807, 2.05) is 12.2 Å². The Balaban J connectivity index is 1.36. The smallest absolute Gasteiger partial charge is 0.416 e. The minimum atomic E-state index is -4.66. The Hall–Kier alpha value is -4.42. The first-order valence-electron chi connectivity index (χ1n) is 15.4. The molecule has 2 saturated carbocycles. The molecular weight excluding hydrogens is 605 g/mol. The summed E-state index contributed by atoms with van der Waals surface area (Å²) in [6.07, 6.45) is 1.50. The van der Waals surface area contributed by atoms with Gasteiger partial charge < -0.3 is 19.7 Å². The highest BCUT2D eigenvalue weighted by atomic mass is 19.4. The number of hydrogen-bond donors (Lipinski definition) is 2. The number of esters is 1. The number of pyridine rings is 1. The van der Waals surface area contributed by atoms with E-state index in [-0.39, 0.29) is 42.5 Å². The maximum atomic E-state index is 13.7. The molecule has 2 fully saturated rings. The molecule has 2 heterocycles. The highest BCUT2D eigenvalue weighted by Gasteiger charge is 2.62. The van der Waals surface area contributed by atoms with Crippen LogP contribution in [0.2, 0.25) is 0 Å². The van der Waals surface area contributed by atoms with Gasteiger partial charge >= 0.3 is 18.2 Å². The summed E-state index contributed by atoms with van der Waals surface area (Å²) in [6.45, 7) is 2.30. The second-order valence-electron chi connectivity index (χ2n) is 12.0. The van der Waals surface area contributed by atoms with Gasteiger partial charge in [-0.15, -0.1) is 0 Å². The van der Waals surface area contributed by atoms with Gasteiger partial charge in [0.15, 0.2) is 0 Å². The highest BCUT2D eigenvalue weighted by Crippen LogP contribution is 2.47. The largest absolute Gasteiger partial charge is 0.464 e. The fraction of sp³-hybridized carbons (Fsp3) is 0.485. The standard InChI is InChI=1S/C33H37F3N4O6/c1-3-45-30(43)32-19-21(32)10-6-4-5-9-15-40(2)29(42)25-18-22(17-24(25)28(41)39-32)46-31(44)38-27-16-20(33(34,35)36)12-13-23(27)26-11-7-8-14-37-26/h6-8,10-14,16,21-22,24-25H,3-5,9,15,17-19H2,1-2H3,(H,38,44)(H,39,41)/b10-6-/t21-,22-,24-,25-,32-/m1/s1. The number of carbonyl (C=O) groups is 4. The number of carbonyl (C=O) groups excluding carboxylic acids is 4. The predicted molar refractivity (Wildman–Crippen MR) is 161 cm³/mol. The number of nitrogens with one attached hydrogen (secondary N) is 2. The minimum absolute atomic E-state index is 0.0153. The van der Waals surface area contributed by atoms with Gasteiger partial charge in [-0.05, 0) is 69.7 Å². The van der Waals surface area contributed by atoms with E-state index in [0.29, 0.717) is 18.7 Å². The monoisotopic (exact) mass is 642 g/mol. The summed E-state index contributed by atoms with van der Waals surface area (Å²) in [7, 11) is 1.66. The number of hydrogen-bond acceptors (Lipinski definition) is 7. The Morgan fingerprint density at radius 2 is 1.91 bits per heavy atom. The number of anilines is 1. The van der Waals surface area contributed by atoms with E-state index in [9.17, 15) is 32.3 Å². The number of nitrogens with zero attached hydrogens (tertiary/aromatic N) is 2. The first-order chi connectivity index (χ1) is 21.9. The number of fused-ring (bicyclic) bond motifs is 2. The Morgan fingerprint density at radius 3 is 2.63 bits per heavy atom. The fourth-order valence-electron chi connectivity index (χ4n) is 6.30. The van der Waals surface area contributed by atoms with Gasteiger partial charge in [0.1, 0.15) is 11.6 Å². The van der Waals surface area contributed by atoms with Gasteiger partial charge in [-0.3, -0.25) is 19.9 Å². The van der Waals surface area contributed by atoms with E-state index in [1.165, 1.54) is 12.3 Å². The van der Waals surface area contributed by atoms with Crippen molar-refractivity contribution in [1.82, 2.24) is 15.2 Å². The number of ether oxygens (including phenoxy) is 2. The molecule has 5 rings (SSSR count). The van der Waals surface area contributed by atoms with Crippen LogP contribution in [0, 0.1) is 17.8 Å². The van der Waals surface area contributed by atoms with Crippen molar-refractivity contribution in [2.75, 3.05) is 25.5 Å². The first kappa shape index (κ1) is 33.0. The predicted octanol–water partition coefficient (Wildman–Crippen LogP) is 5.35. The molecular formula is C33H37F3N4O6. The van der Waals surface area contributed by atoms with Crippen molar-refractivity contribution in [2.45, 2.75) is 63.3 Å².